The Bertz CT molecular complexity index is 462. The Labute approximate surface area is 121 Å². The summed E-state index contributed by atoms with van der Waals surface area (Å²) in [6, 6.07) is 0. The highest BCUT2D eigenvalue weighted by Crippen LogP contribution is 2.47. The van der Waals surface area contributed by atoms with Crippen LogP contribution >= 0.6 is 0 Å². The molecule has 1 heterocycles. The summed E-state index contributed by atoms with van der Waals surface area (Å²) >= 11 is 0. The third kappa shape index (κ3) is 2.50. The Balaban J connectivity index is 1.64. The van der Waals surface area contributed by atoms with Gasteiger partial charge in [-0.2, -0.15) is 4.98 Å². The molecule has 2 fully saturated rings. The Hall–Kier alpha value is -0.900. The van der Waals surface area contributed by atoms with Gasteiger partial charge >= 0.3 is 0 Å². The average Bonchev–Trinajstić information content (AvgIpc) is 3.07. The molecule has 4 heteroatoms. The first-order valence-corrected chi connectivity index (χ1v) is 7.99. The fourth-order valence-electron chi connectivity index (χ4n) is 3.49. The van der Waals surface area contributed by atoms with Crippen LogP contribution < -0.4 is 5.73 Å². The zero-order valence-electron chi connectivity index (χ0n) is 13.0. The van der Waals surface area contributed by atoms with Crippen LogP contribution in [0.1, 0.15) is 76.9 Å². The van der Waals surface area contributed by atoms with Crippen molar-refractivity contribution in [2.45, 2.75) is 70.6 Å². The Morgan fingerprint density at radius 3 is 2.35 bits per heavy atom. The summed E-state index contributed by atoms with van der Waals surface area (Å²) < 4.78 is 5.49. The van der Waals surface area contributed by atoms with Crippen molar-refractivity contribution in [3.63, 3.8) is 0 Å². The first kappa shape index (κ1) is 14.1. The number of nitrogens with two attached hydrogens (primary N) is 1. The molecule has 0 radical (unpaired) electrons. The van der Waals surface area contributed by atoms with E-state index in [0.29, 0.717) is 17.9 Å². The summed E-state index contributed by atoms with van der Waals surface area (Å²) in [6.45, 7) is 7.68. The van der Waals surface area contributed by atoms with E-state index in [2.05, 4.69) is 30.9 Å². The van der Waals surface area contributed by atoms with Crippen LogP contribution in [-0.4, -0.2) is 16.7 Å². The molecule has 4 nitrogen and oxygen atoms in total. The van der Waals surface area contributed by atoms with E-state index >= 15 is 0 Å². The van der Waals surface area contributed by atoms with E-state index in [1.54, 1.807) is 0 Å². The molecule has 0 aliphatic heterocycles. The quantitative estimate of drug-likeness (QED) is 0.919. The number of hydrogen-bond acceptors (Lipinski definition) is 4. The van der Waals surface area contributed by atoms with Gasteiger partial charge in [0.25, 0.3) is 0 Å². The van der Waals surface area contributed by atoms with Crippen molar-refractivity contribution in [1.82, 2.24) is 10.1 Å². The largest absolute Gasteiger partial charge is 0.339 e. The second kappa shape index (κ2) is 4.83. The molecule has 0 amide bonds. The highest BCUT2D eigenvalue weighted by atomic mass is 16.5. The molecular formula is C16H27N3O. The van der Waals surface area contributed by atoms with Crippen molar-refractivity contribution in [3.05, 3.63) is 11.7 Å². The molecule has 0 bridgehead atoms. The number of aromatic nitrogens is 2. The standard InChI is InChI=1S/C16H27N3O/c1-15(2,3)12-6-4-11(5-7-12)13-18-14(20-19-13)16(10-17)8-9-16/h11-12H,4-10,17H2,1-3H3. The summed E-state index contributed by atoms with van der Waals surface area (Å²) in [5.41, 5.74) is 6.27. The molecule has 0 atom stereocenters. The van der Waals surface area contributed by atoms with Crippen LogP contribution in [0.25, 0.3) is 0 Å². The van der Waals surface area contributed by atoms with Crippen LogP contribution in [0, 0.1) is 11.3 Å². The predicted molar refractivity (Wildman–Crippen MR) is 78.4 cm³/mol. The number of hydrogen-bond donors (Lipinski definition) is 1. The van der Waals surface area contributed by atoms with Gasteiger partial charge in [-0.1, -0.05) is 25.9 Å². The molecule has 1 aromatic heterocycles. The normalized spacial score (nSPS) is 29.4. The summed E-state index contributed by atoms with van der Waals surface area (Å²) in [5.74, 6) is 3.02. The minimum atomic E-state index is 0.0217. The van der Waals surface area contributed by atoms with Gasteiger partial charge < -0.3 is 10.3 Å². The maximum absolute atomic E-state index is 5.83. The second-order valence-electron chi connectivity index (χ2n) is 7.86. The topological polar surface area (TPSA) is 64.9 Å². The molecular weight excluding hydrogens is 250 g/mol. The summed E-state index contributed by atoms with van der Waals surface area (Å²) in [4.78, 5) is 4.67. The van der Waals surface area contributed by atoms with Crippen molar-refractivity contribution in [2.75, 3.05) is 6.54 Å². The van der Waals surface area contributed by atoms with Crippen molar-refractivity contribution in [2.24, 2.45) is 17.1 Å². The van der Waals surface area contributed by atoms with Crippen LogP contribution in [0.2, 0.25) is 0 Å². The summed E-state index contributed by atoms with van der Waals surface area (Å²) in [6.07, 6.45) is 7.14. The van der Waals surface area contributed by atoms with Crippen molar-refractivity contribution in [3.8, 4) is 0 Å². The lowest BCUT2D eigenvalue weighted by atomic mass is 9.70. The highest BCUT2D eigenvalue weighted by molar-refractivity contribution is 5.17. The van der Waals surface area contributed by atoms with Gasteiger partial charge in [-0.05, 0) is 49.9 Å². The lowest BCUT2D eigenvalue weighted by Crippen LogP contribution is -2.25. The van der Waals surface area contributed by atoms with Gasteiger partial charge in [0.1, 0.15) is 0 Å². The van der Waals surface area contributed by atoms with E-state index in [1.165, 1.54) is 25.7 Å². The number of rotatable bonds is 3. The molecule has 0 spiro atoms. The van der Waals surface area contributed by atoms with Crippen molar-refractivity contribution >= 4 is 0 Å². The number of nitrogens with zero attached hydrogens (tertiary/aromatic N) is 2. The third-order valence-electron chi connectivity index (χ3n) is 5.46. The van der Waals surface area contributed by atoms with Crippen LogP contribution in [0.3, 0.4) is 0 Å². The third-order valence-corrected chi connectivity index (χ3v) is 5.46. The minimum absolute atomic E-state index is 0.0217. The Morgan fingerprint density at radius 1 is 1.20 bits per heavy atom. The monoisotopic (exact) mass is 277 g/mol. The van der Waals surface area contributed by atoms with Gasteiger partial charge in [-0.25, -0.2) is 0 Å². The van der Waals surface area contributed by atoms with E-state index < -0.39 is 0 Å². The average molecular weight is 277 g/mol. The lowest BCUT2D eigenvalue weighted by molar-refractivity contribution is 0.166. The smallest absolute Gasteiger partial charge is 0.234 e. The van der Waals surface area contributed by atoms with Gasteiger partial charge in [-0.3, -0.25) is 0 Å². The van der Waals surface area contributed by atoms with E-state index in [4.69, 9.17) is 10.3 Å². The van der Waals surface area contributed by atoms with Gasteiger partial charge in [-0.15, -0.1) is 0 Å². The molecule has 2 aliphatic carbocycles. The highest BCUT2D eigenvalue weighted by Gasteiger charge is 2.48. The Kier molecular flexibility index (Phi) is 3.39. The first-order valence-electron chi connectivity index (χ1n) is 7.99. The first-order chi connectivity index (χ1) is 9.44. The van der Waals surface area contributed by atoms with Crippen LogP contribution in [0.15, 0.2) is 4.52 Å². The lowest BCUT2D eigenvalue weighted by Gasteiger charge is -2.36. The zero-order chi connectivity index (χ0) is 14.4. The van der Waals surface area contributed by atoms with Crippen LogP contribution in [0.5, 0.6) is 0 Å². The Morgan fingerprint density at radius 2 is 1.85 bits per heavy atom. The molecule has 1 aromatic rings. The molecule has 2 aliphatic rings. The molecule has 0 unspecified atom stereocenters. The molecule has 0 saturated heterocycles. The maximum atomic E-state index is 5.83. The van der Waals surface area contributed by atoms with E-state index in [1.807, 2.05) is 0 Å². The van der Waals surface area contributed by atoms with E-state index in [-0.39, 0.29) is 5.41 Å². The van der Waals surface area contributed by atoms with E-state index in [0.717, 1.165) is 30.5 Å². The van der Waals surface area contributed by atoms with Crippen molar-refractivity contribution < 1.29 is 4.52 Å². The maximum Gasteiger partial charge on any atom is 0.234 e. The van der Waals surface area contributed by atoms with Gasteiger partial charge in [0.2, 0.25) is 5.89 Å². The molecule has 2 saturated carbocycles. The fourth-order valence-corrected chi connectivity index (χ4v) is 3.49. The zero-order valence-corrected chi connectivity index (χ0v) is 13.0. The fraction of sp³-hybridized carbons (Fsp3) is 0.875. The van der Waals surface area contributed by atoms with Crippen molar-refractivity contribution in [1.29, 1.82) is 0 Å². The molecule has 0 aromatic carbocycles. The molecule has 112 valence electrons. The van der Waals surface area contributed by atoms with Gasteiger partial charge in [0.15, 0.2) is 5.82 Å². The van der Waals surface area contributed by atoms with Gasteiger partial charge in [0.05, 0.1) is 5.41 Å². The predicted octanol–water partition coefficient (Wildman–Crippen LogP) is 3.38. The minimum Gasteiger partial charge on any atom is -0.339 e. The van der Waals surface area contributed by atoms with Crippen LogP contribution in [0.4, 0.5) is 0 Å². The molecule has 3 rings (SSSR count). The summed E-state index contributed by atoms with van der Waals surface area (Å²) in [7, 11) is 0. The molecule has 2 N–H and O–H groups in total. The summed E-state index contributed by atoms with van der Waals surface area (Å²) in [5, 5.41) is 4.24. The molecule has 20 heavy (non-hydrogen) atoms. The second-order valence-corrected chi connectivity index (χ2v) is 7.86. The SMILES string of the molecule is CC(C)(C)C1CCC(c2noc(C3(CN)CC3)n2)CC1. The van der Waals surface area contributed by atoms with Gasteiger partial charge in [0, 0.05) is 12.5 Å². The van der Waals surface area contributed by atoms with Crippen LogP contribution in [-0.2, 0) is 5.41 Å². The van der Waals surface area contributed by atoms with E-state index in [9.17, 15) is 0 Å².